The summed E-state index contributed by atoms with van der Waals surface area (Å²) in [4.78, 5) is 35.4. The predicted molar refractivity (Wildman–Crippen MR) is 95.6 cm³/mol. The molecule has 0 radical (unpaired) electrons. The highest BCUT2D eigenvalue weighted by Gasteiger charge is 2.17. The SMILES string of the molecule is CC(=O)NC(CC(=O)NCCc1cccc(C(=O)O)c1)c1cccs1. The maximum atomic E-state index is 12.1. The van der Waals surface area contributed by atoms with Crippen LogP contribution >= 0.6 is 11.3 Å². The Morgan fingerprint density at radius 3 is 2.64 bits per heavy atom. The molecule has 0 saturated carbocycles. The number of benzene rings is 1. The van der Waals surface area contributed by atoms with E-state index in [0.29, 0.717) is 13.0 Å². The van der Waals surface area contributed by atoms with Crippen LogP contribution in [-0.2, 0) is 16.0 Å². The number of rotatable bonds is 8. The summed E-state index contributed by atoms with van der Waals surface area (Å²) in [7, 11) is 0. The van der Waals surface area contributed by atoms with Gasteiger partial charge >= 0.3 is 5.97 Å². The molecule has 7 heteroatoms. The van der Waals surface area contributed by atoms with Crippen molar-refractivity contribution in [3.8, 4) is 0 Å². The number of thiophene rings is 1. The molecule has 132 valence electrons. The van der Waals surface area contributed by atoms with Gasteiger partial charge in [0, 0.05) is 18.3 Å². The number of carbonyl (C=O) groups excluding carboxylic acids is 2. The van der Waals surface area contributed by atoms with Gasteiger partial charge in [-0.2, -0.15) is 0 Å². The molecule has 2 amide bonds. The molecule has 1 heterocycles. The number of hydrogen-bond acceptors (Lipinski definition) is 4. The maximum Gasteiger partial charge on any atom is 0.335 e. The number of aromatic carboxylic acids is 1. The van der Waals surface area contributed by atoms with Crippen LogP contribution in [-0.4, -0.2) is 29.4 Å². The van der Waals surface area contributed by atoms with E-state index in [1.54, 1.807) is 12.1 Å². The van der Waals surface area contributed by atoms with E-state index >= 15 is 0 Å². The number of carboxylic acid groups (broad SMARTS) is 1. The van der Waals surface area contributed by atoms with Crippen molar-refractivity contribution in [3.63, 3.8) is 0 Å². The lowest BCUT2D eigenvalue weighted by Gasteiger charge is -2.16. The molecule has 0 spiro atoms. The first-order valence-electron chi connectivity index (χ1n) is 7.85. The molecule has 0 bridgehead atoms. The first-order chi connectivity index (χ1) is 12.0. The molecule has 0 aliphatic carbocycles. The van der Waals surface area contributed by atoms with Crippen LogP contribution in [0.2, 0.25) is 0 Å². The van der Waals surface area contributed by atoms with E-state index < -0.39 is 5.97 Å². The standard InChI is InChI=1S/C18H20N2O4S/c1-12(21)20-15(16-6-3-9-25-16)11-17(22)19-8-7-13-4-2-5-14(10-13)18(23)24/h2-6,9-10,15H,7-8,11H2,1H3,(H,19,22)(H,20,21)(H,23,24). The first kappa shape index (κ1) is 18.7. The van der Waals surface area contributed by atoms with Crippen LogP contribution in [0, 0.1) is 0 Å². The van der Waals surface area contributed by atoms with Gasteiger partial charge in [0.1, 0.15) is 0 Å². The molecule has 6 nitrogen and oxygen atoms in total. The van der Waals surface area contributed by atoms with E-state index in [4.69, 9.17) is 5.11 Å². The summed E-state index contributed by atoms with van der Waals surface area (Å²) in [6, 6.07) is 10.1. The summed E-state index contributed by atoms with van der Waals surface area (Å²) in [6.45, 7) is 1.83. The Bertz CT molecular complexity index is 743. The van der Waals surface area contributed by atoms with Gasteiger partial charge in [0.25, 0.3) is 0 Å². The average Bonchev–Trinajstić information content (AvgIpc) is 3.08. The van der Waals surface area contributed by atoms with Crippen molar-refractivity contribution in [2.24, 2.45) is 0 Å². The van der Waals surface area contributed by atoms with Gasteiger partial charge in [-0.3, -0.25) is 9.59 Å². The van der Waals surface area contributed by atoms with Crippen LogP contribution in [0.4, 0.5) is 0 Å². The van der Waals surface area contributed by atoms with E-state index in [-0.39, 0.29) is 29.8 Å². The van der Waals surface area contributed by atoms with E-state index in [2.05, 4.69) is 10.6 Å². The quantitative estimate of drug-likeness (QED) is 0.673. The van der Waals surface area contributed by atoms with Crippen molar-refractivity contribution in [1.82, 2.24) is 10.6 Å². The van der Waals surface area contributed by atoms with Gasteiger partial charge < -0.3 is 15.7 Å². The highest BCUT2D eigenvalue weighted by atomic mass is 32.1. The van der Waals surface area contributed by atoms with Gasteiger partial charge in [0.2, 0.25) is 11.8 Å². The summed E-state index contributed by atoms with van der Waals surface area (Å²) in [5, 5.41) is 16.5. The van der Waals surface area contributed by atoms with Crippen molar-refractivity contribution in [3.05, 3.63) is 57.8 Å². The molecule has 2 aromatic rings. The Morgan fingerprint density at radius 1 is 1.20 bits per heavy atom. The topological polar surface area (TPSA) is 95.5 Å². The number of carboxylic acids is 1. The number of carbonyl (C=O) groups is 3. The second-order valence-corrected chi connectivity index (χ2v) is 6.56. The minimum absolute atomic E-state index is 0.162. The molecule has 0 aliphatic rings. The van der Waals surface area contributed by atoms with Crippen molar-refractivity contribution in [2.45, 2.75) is 25.8 Å². The van der Waals surface area contributed by atoms with Gasteiger partial charge in [-0.15, -0.1) is 11.3 Å². The van der Waals surface area contributed by atoms with Crippen molar-refractivity contribution in [1.29, 1.82) is 0 Å². The summed E-state index contributed by atoms with van der Waals surface area (Å²) >= 11 is 1.49. The number of hydrogen-bond donors (Lipinski definition) is 3. The van der Waals surface area contributed by atoms with Crippen molar-refractivity contribution in [2.75, 3.05) is 6.54 Å². The normalized spacial score (nSPS) is 11.6. The monoisotopic (exact) mass is 360 g/mol. The molecule has 1 unspecified atom stereocenters. The second-order valence-electron chi connectivity index (χ2n) is 5.58. The predicted octanol–water partition coefficient (Wildman–Crippen LogP) is 2.37. The molecule has 1 atom stereocenters. The van der Waals surface area contributed by atoms with Gasteiger partial charge in [-0.1, -0.05) is 18.2 Å². The zero-order valence-electron chi connectivity index (χ0n) is 13.8. The second kappa shape index (κ2) is 8.98. The van der Waals surface area contributed by atoms with Crippen LogP contribution < -0.4 is 10.6 Å². The fourth-order valence-corrected chi connectivity index (χ4v) is 3.20. The van der Waals surface area contributed by atoms with Crippen LogP contribution in [0.25, 0.3) is 0 Å². The summed E-state index contributed by atoms with van der Waals surface area (Å²) in [5.41, 5.74) is 1.07. The summed E-state index contributed by atoms with van der Waals surface area (Å²) in [6.07, 6.45) is 0.700. The largest absolute Gasteiger partial charge is 0.478 e. The molecule has 0 saturated heterocycles. The maximum absolute atomic E-state index is 12.1. The Morgan fingerprint density at radius 2 is 2.00 bits per heavy atom. The van der Waals surface area contributed by atoms with Gasteiger partial charge in [-0.25, -0.2) is 4.79 Å². The molecule has 0 aliphatic heterocycles. The molecule has 2 rings (SSSR count). The molecule has 0 fully saturated rings. The Balaban J connectivity index is 1.86. The van der Waals surface area contributed by atoms with Gasteiger partial charge in [0.05, 0.1) is 18.0 Å². The molecular formula is C18H20N2O4S. The van der Waals surface area contributed by atoms with E-state index in [0.717, 1.165) is 10.4 Å². The van der Waals surface area contributed by atoms with Crippen molar-refractivity contribution >= 4 is 29.1 Å². The summed E-state index contributed by atoms with van der Waals surface area (Å²) < 4.78 is 0. The van der Waals surface area contributed by atoms with E-state index in [1.807, 2.05) is 23.6 Å². The fraction of sp³-hybridized carbons (Fsp3) is 0.278. The Hall–Kier alpha value is -2.67. The van der Waals surface area contributed by atoms with E-state index in [1.165, 1.54) is 24.3 Å². The first-order valence-corrected chi connectivity index (χ1v) is 8.73. The average molecular weight is 360 g/mol. The molecule has 1 aromatic carbocycles. The zero-order valence-corrected chi connectivity index (χ0v) is 14.6. The third-order valence-electron chi connectivity index (χ3n) is 3.56. The molecule has 3 N–H and O–H groups in total. The van der Waals surface area contributed by atoms with Crippen LogP contribution in [0.5, 0.6) is 0 Å². The highest BCUT2D eigenvalue weighted by molar-refractivity contribution is 7.10. The number of amides is 2. The minimum Gasteiger partial charge on any atom is -0.478 e. The Labute approximate surface area is 149 Å². The third kappa shape index (κ3) is 6.04. The van der Waals surface area contributed by atoms with Crippen molar-refractivity contribution < 1.29 is 19.5 Å². The third-order valence-corrected chi connectivity index (χ3v) is 4.55. The van der Waals surface area contributed by atoms with Gasteiger partial charge in [0.15, 0.2) is 0 Å². The molecule has 1 aromatic heterocycles. The zero-order chi connectivity index (χ0) is 18.2. The van der Waals surface area contributed by atoms with Crippen LogP contribution in [0.1, 0.15) is 40.2 Å². The minimum atomic E-state index is -0.972. The fourth-order valence-electron chi connectivity index (χ4n) is 2.42. The highest BCUT2D eigenvalue weighted by Crippen LogP contribution is 2.21. The van der Waals surface area contributed by atoms with Gasteiger partial charge in [-0.05, 0) is 35.6 Å². The van der Waals surface area contributed by atoms with Crippen LogP contribution in [0.3, 0.4) is 0 Å². The lowest BCUT2D eigenvalue weighted by Crippen LogP contribution is -2.33. The lowest BCUT2D eigenvalue weighted by atomic mass is 10.1. The summed E-state index contributed by atoms with van der Waals surface area (Å²) in [5.74, 6) is -1.32. The smallest absolute Gasteiger partial charge is 0.335 e. The molecular weight excluding hydrogens is 340 g/mol. The molecule has 25 heavy (non-hydrogen) atoms. The number of nitrogens with one attached hydrogen (secondary N) is 2. The lowest BCUT2D eigenvalue weighted by molar-refractivity contribution is -0.122. The Kier molecular flexibility index (Phi) is 6.71. The van der Waals surface area contributed by atoms with E-state index in [9.17, 15) is 14.4 Å². The van der Waals surface area contributed by atoms with Crippen LogP contribution in [0.15, 0.2) is 41.8 Å².